The van der Waals surface area contributed by atoms with Crippen LogP contribution in [-0.2, 0) is 0 Å². The van der Waals surface area contributed by atoms with E-state index in [0.717, 1.165) is 0 Å². The Balaban J connectivity index is 2.15. The summed E-state index contributed by atoms with van der Waals surface area (Å²) in [5.74, 6) is 0.357. The van der Waals surface area contributed by atoms with Crippen LogP contribution in [0.15, 0.2) is 35.2 Å². The van der Waals surface area contributed by atoms with Crippen LogP contribution in [0.25, 0.3) is 0 Å². The number of anilines is 1. The Morgan fingerprint density at radius 2 is 2.27 bits per heavy atom. The van der Waals surface area contributed by atoms with E-state index in [2.05, 4.69) is 36.4 Å². The fourth-order valence-electron chi connectivity index (χ4n) is 1.06. The van der Waals surface area contributed by atoms with Gasteiger partial charge in [-0.1, -0.05) is 0 Å². The second-order valence-electron chi connectivity index (χ2n) is 2.79. The lowest BCUT2D eigenvalue weighted by Gasteiger charge is -2.01. The molecule has 0 unspecified atom stereocenters. The van der Waals surface area contributed by atoms with Gasteiger partial charge in [0.15, 0.2) is 0 Å². The first-order valence-electron chi connectivity index (χ1n) is 4.18. The van der Waals surface area contributed by atoms with Crippen LogP contribution in [0.4, 0.5) is 5.82 Å². The standard InChI is InChI=1S/C9H7BrN4O/c10-7-5-6(1-3-11-7)9(15)13-8-2-4-12-14-8/h1-5H,(H2,12,13,14,15). The summed E-state index contributed by atoms with van der Waals surface area (Å²) >= 11 is 3.20. The fourth-order valence-corrected chi connectivity index (χ4v) is 1.43. The van der Waals surface area contributed by atoms with Crippen molar-refractivity contribution in [3.8, 4) is 0 Å². The molecule has 2 heterocycles. The van der Waals surface area contributed by atoms with Gasteiger partial charge in [-0.25, -0.2) is 4.98 Å². The minimum Gasteiger partial charge on any atom is -0.307 e. The van der Waals surface area contributed by atoms with Crippen molar-refractivity contribution in [1.29, 1.82) is 0 Å². The number of aromatic nitrogens is 3. The number of rotatable bonds is 2. The van der Waals surface area contributed by atoms with E-state index < -0.39 is 0 Å². The molecule has 2 aromatic rings. The highest BCUT2D eigenvalue weighted by Gasteiger charge is 2.06. The number of H-pyrrole nitrogens is 1. The number of amides is 1. The average molecular weight is 267 g/mol. The maximum absolute atomic E-state index is 11.7. The molecule has 0 saturated heterocycles. The summed E-state index contributed by atoms with van der Waals surface area (Å²) in [7, 11) is 0. The monoisotopic (exact) mass is 266 g/mol. The van der Waals surface area contributed by atoms with Gasteiger partial charge in [-0.2, -0.15) is 5.10 Å². The summed E-state index contributed by atoms with van der Waals surface area (Å²) in [6.07, 6.45) is 3.13. The van der Waals surface area contributed by atoms with Crippen LogP contribution in [0.1, 0.15) is 10.4 Å². The average Bonchev–Trinajstić information content (AvgIpc) is 2.70. The molecule has 2 aromatic heterocycles. The van der Waals surface area contributed by atoms with Crippen molar-refractivity contribution in [2.24, 2.45) is 0 Å². The molecule has 0 aliphatic heterocycles. The van der Waals surface area contributed by atoms with E-state index in [1.54, 1.807) is 30.6 Å². The molecule has 0 saturated carbocycles. The van der Waals surface area contributed by atoms with Crippen LogP contribution in [0.2, 0.25) is 0 Å². The van der Waals surface area contributed by atoms with Crippen molar-refractivity contribution in [2.45, 2.75) is 0 Å². The third-order valence-electron chi connectivity index (χ3n) is 1.74. The van der Waals surface area contributed by atoms with Gasteiger partial charge in [-0.05, 0) is 28.1 Å². The Hall–Kier alpha value is -1.69. The highest BCUT2D eigenvalue weighted by Crippen LogP contribution is 2.09. The summed E-state index contributed by atoms with van der Waals surface area (Å²) in [5.41, 5.74) is 0.534. The molecule has 0 aliphatic rings. The molecular formula is C9H7BrN4O. The Kier molecular flexibility index (Phi) is 2.77. The number of hydrogen-bond donors (Lipinski definition) is 2. The largest absolute Gasteiger partial charge is 0.307 e. The summed E-state index contributed by atoms with van der Waals surface area (Å²) in [6, 6.07) is 4.95. The predicted octanol–water partition coefficient (Wildman–Crippen LogP) is 1.82. The molecule has 0 fully saturated rings. The lowest BCUT2D eigenvalue weighted by molar-refractivity contribution is 0.102. The smallest absolute Gasteiger partial charge is 0.256 e. The van der Waals surface area contributed by atoms with Gasteiger partial charge in [0.25, 0.3) is 5.91 Å². The molecule has 0 bridgehead atoms. The van der Waals surface area contributed by atoms with E-state index in [-0.39, 0.29) is 5.91 Å². The quantitative estimate of drug-likeness (QED) is 0.815. The molecule has 76 valence electrons. The minimum atomic E-state index is -0.206. The van der Waals surface area contributed by atoms with Crippen LogP contribution in [0.5, 0.6) is 0 Å². The van der Waals surface area contributed by atoms with Gasteiger partial charge in [0.1, 0.15) is 10.4 Å². The van der Waals surface area contributed by atoms with E-state index in [1.165, 1.54) is 0 Å². The molecule has 0 spiro atoms. The Labute approximate surface area is 94.0 Å². The van der Waals surface area contributed by atoms with Crippen LogP contribution < -0.4 is 5.32 Å². The molecular weight excluding hydrogens is 260 g/mol. The Bertz CT molecular complexity index is 469. The number of aromatic amines is 1. The third-order valence-corrected chi connectivity index (χ3v) is 2.17. The maximum Gasteiger partial charge on any atom is 0.256 e. The third kappa shape index (κ3) is 2.41. The number of nitrogens with one attached hydrogen (secondary N) is 2. The number of halogens is 1. The number of carbonyl (C=O) groups is 1. The molecule has 0 aromatic carbocycles. The maximum atomic E-state index is 11.7. The molecule has 2 rings (SSSR count). The number of carbonyl (C=O) groups excluding carboxylic acids is 1. The van der Waals surface area contributed by atoms with Crippen LogP contribution in [-0.4, -0.2) is 21.1 Å². The van der Waals surface area contributed by atoms with E-state index >= 15 is 0 Å². The normalized spacial score (nSPS) is 9.93. The van der Waals surface area contributed by atoms with Gasteiger partial charge >= 0.3 is 0 Å². The summed E-state index contributed by atoms with van der Waals surface area (Å²) < 4.78 is 0.625. The van der Waals surface area contributed by atoms with Gasteiger partial charge in [-0.3, -0.25) is 9.89 Å². The van der Waals surface area contributed by atoms with Crippen molar-refractivity contribution in [3.05, 3.63) is 40.8 Å². The first-order chi connectivity index (χ1) is 7.25. The van der Waals surface area contributed by atoms with Crippen LogP contribution >= 0.6 is 15.9 Å². The van der Waals surface area contributed by atoms with Crippen molar-refractivity contribution >= 4 is 27.7 Å². The van der Waals surface area contributed by atoms with E-state index in [9.17, 15) is 4.79 Å². The second kappa shape index (κ2) is 4.22. The van der Waals surface area contributed by atoms with Crippen LogP contribution in [0.3, 0.4) is 0 Å². The molecule has 2 N–H and O–H groups in total. The molecule has 0 radical (unpaired) electrons. The highest BCUT2D eigenvalue weighted by molar-refractivity contribution is 9.10. The van der Waals surface area contributed by atoms with Crippen molar-refractivity contribution in [3.63, 3.8) is 0 Å². The molecule has 5 nitrogen and oxygen atoms in total. The lowest BCUT2D eigenvalue weighted by atomic mass is 10.2. The number of pyridine rings is 1. The van der Waals surface area contributed by atoms with Gasteiger partial charge in [0.2, 0.25) is 0 Å². The summed E-state index contributed by atoms with van der Waals surface area (Å²) in [6.45, 7) is 0. The Morgan fingerprint density at radius 1 is 1.40 bits per heavy atom. The molecule has 0 aliphatic carbocycles. The van der Waals surface area contributed by atoms with Gasteiger partial charge in [0, 0.05) is 17.8 Å². The van der Waals surface area contributed by atoms with Crippen LogP contribution in [0, 0.1) is 0 Å². The first kappa shape index (κ1) is 9.85. The van der Waals surface area contributed by atoms with Crippen molar-refractivity contribution in [2.75, 3.05) is 5.32 Å². The molecule has 1 amide bonds. The highest BCUT2D eigenvalue weighted by atomic mass is 79.9. The second-order valence-corrected chi connectivity index (χ2v) is 3.60. The molecule has 0 atom stereocenters. The minimum absolute atomic E-state index is 0.206. The predicted molar refractivity (Wildman–Crippen MR) is 58.5 cm³/mol. The molecule has 15 heavy (non-hydrogen) atoms. The van der Waals surface area contributed by atoms with Crippen molar-refractivity contribution < 1.29 is 4.79 Å². The van der Waals surface area contributed by atoms with E-state index in [4.69, 9.17) is 0 Å². The van der Waals surface area contributed by atoms with E-state index in [1.807, 2.05) is 0 Å². The SMILES string of the molecule is O=C(Nc1ccn[nH]1)c1ccnc(Br)c1. The zero-order valence-corrected chi connectivity index (χ0v) is 9.15. The zero-order valence-electron chi connectivity index (χ0n) is 7.57. The van der Waals surface area contributed by atoms with Gasteiger partial charge in [0.05, 0.1) is 6.20 Å². The fraction of sp³-hybridized carbons (Fsp3) is 0. The zero-order chi connectivity index (χ0) is 10.7. The van der Waals surface area contributed by atoms with Gasteiger partial charge in [-0.15, -0.1) is 0 Å². The first-order valence-corrected chi connectivity index (χ1v) is 4.97. The summed E-state index contributed by atoms with van der Waals surface area (Å²) in [4.78, 5) is 15.6. The molecule has 6 heteroatoms. The number of hydrogen-bond acceptors (Lipinski definition) is 3. The number of nitrogens with zero attached hydrogens (tertiary/aromatic N) is 2. The lowest BCUT2D eigenvalue weighted by Crippen LogP contribution is -2.12. The van der Waals surface area contributed by atoms with E-state index in [0.29, 0.717) is 16.0 Å². The van der Waals surface area contributed by atoms with Gasteiger partial charge < -0.3 is 5.32 Å². The Morgan fingerprint density at radius 3 is 2.93 bits per heavy atom. The topological polar surface area (TPSA) is 70.7 Å². The van der Waals surface area contributed by atoms with Crippen molar-refractivity contribution in [1.82, 2.24) is 15.2 Å². The summed E-state index contributed by atoms with van der Waals surface area (Å²) in [5, 5.41) is 9.03.